The molecule has 0 N–H and O–H groups in total. The first-order chi connectivity index (χ1) is 16.0. The van der Waals surface area contributed by atoms with Crippen LogP contribution in [0.2, 0.25) is 0 Å². The molecule has 0 unspecified atom stereocenters. The van der Waals surface area contributed by atoms with E-state index in [1.54, 1.807) is 16.7 Å². The van der Waals surface area contributed by atoms with Crippen LogP contribution in [0.3, 0.4) is 0 Å². The molecule has 1 saturated heterocycles. The number of piperazine rings is 1. The van der Waals surface area contributed by atoms with Crippen molar-refractivity contribution in [2.45, 2.75) is 62.3 Å². The molecule has 1 aliphatic heterocycles. The first-order valence-corrected chi connectivity index (χ1v) is 12.7. The maximum absolute atomic E-state index is 12.4. The molecular formula is C28H35N3O2S. The zero-order chi connectivity index (χ0) is 24.5. The molecule has 0 spiro atoms. The van der Waals surface area contributed by atoms with Gasteiger partial charge in [-0.05, 0) is 67.5 Å². The lowest BCUT2D eigenvalue weighted by Crippen LogP contribution is -2.50. The van der Waals surface area contributed by atoms with E-state index >= 15 is 0 Å². The molecule has 0 atom stereocenters. The fraction of sp³-hybridized carbons (Fsp3) is 0.429. The van der Waals surface area contributed by atoms with E-state index in [2.05, 4.69) is 74.2 Å². The average molecular weight is 478 g/mol. The number of aromatic nitrogens is 1. The predicted octanol–water partition coefficient (Wildman–Crippen LogP) is 6.74. The second kappa shape index (κ2) is 9.49. The van der Waals surface area contributed by atoms with Crippen molar-refractivity contribution in [2.24, 2.45) is 0 Å². The van der Waals surface area contributed by atoms with Crippen LogP contribution in [0.1, 0.15) is 47.1 Å². The van der Waals surface area contributed by atoms with Crippen molar-refractivity contribution in [3.8, 4) is 0 Å². The Hall–Kier alpha value is -2.73. The number of pyridine rings is 1. The summed E-state index contributed by atoms with van der Waals surface area (Å²) in [6.45, 7) is 15.1. The first-order valence-electron chi connectivity index (χ1n) is 11.9. The summed E-state index contributed by atoms with van der Waals surface area (Å²) in [5, 5.41) is 2.32. The Morgan fingerprint density at radius 3 is 2.15 bits per heavy atom. The van der Waals surface area contributed by atoms with Crippen LogP contribution in [0, 0.1) is 0 Å². The summed E-state index contributed by atoms with van der Waals surface area (Å²) < 4.78 is 5.54. The Kier molecular flexibility index (Phi) is 6.81. The number of carbonyl (C=O) groups is 1. The molecule has 2 heterocycles. The van der Waals surface area contributed by atoms with Crippen LogP contribution in [0.5, 0.6) is 0 Å². The molecule has 0 radical (unpaired) electrons. The lowest BCUT2D eigenvalue weighted by atomic mass is 9.87. The van der Waals surface area contributed by atoms with Crippen LogP contribution >= 0.6 is 11.8 Å². The van der Waals surface area contributed by atoms with Crippen molar-refractivity contribution in [3.05, 3.63) is 60.3 Å². The zero-order valence-corrected chi connectivity index (χ0v) is 21.9. The average Bonchev–Trinajstić information content (AvgIpc) is 2.77. The minimum Gasteiger partial charge on any atom is -0.444 e. The number of amides is 1. The van der Waals surface area contributed by atoms with Gasteiger partial charge in [-0.2, -0.15) is 0 Å². The molecule has 2 aromatic carbocycles. The molecule has 1 amide bonds. The topological polar surface area (TPSA) is 45.7 Å². The van der Waals surface area contributed by atoms with Gasteiger partial charge >= 0.3 is 6.09 Å². The Bertz CT molecular complexity index is 1150. The molecule has 1 aliphatic rings. The molecule has 34 heavy (non-hydrogen) atoms. The van der Waals surface area contributed by atoms with E-state index in [1.807, 2.05) is 27.0 Å². The second-order valence-corrected chi connectivity index (χ2v) is 12.0. The number of nitrogens with zero attached hydrogens (tertiary/aromatic N) is 3. The van der Waals surface area contributed by atoms with Crippen molar-refractivity contribution in [3.63, 3.8) is 0 Å². The zero-order valence-electron chi connectivity index (χ0n) is 21.1. The highest BCUT2D eigenvalue weighted by atomic mass is 32.2. The quantitative estimate of drug-likeness (QED) is 0.418. The molecule has 1 aromatic heterocycles. The second-order valence-electron chi connectivity index (χ2n) is 10.8. The Morgan fingerprint density at radius 1 is 0.882 bits per heavy atom. The van der Waals surface area contributed by atoms with Gasteiger partial charge in [-0.25, -0.2) is 9.78 Å². The van der Waals surface area contributed by atoms with Crippen LogP contribution in [0.25, 0.3) is 10.8 Å². The van der Waals surface area contributed by atoms with Crippen LogP contribution < -0.4 is 4.90 Å². The van der Waals surface area contributed by atoms with E-state index in [4.69, 9.17) is 9.72 Å². The summed E-state index contributed by atoms with van der Waals surface area (Å²) in [5.41, 5.74) is 1.01. The molecule has 0 aliphatic carbocycles. The largest absolute Gasteiger partial charge is 0.444 e. The van der Waals surface area contributed by atoms with E-state index in [1.165, 1.54) is 20.7 Å². The highest BCUT2D eigenvalue weighted by molar-refractivity contribution is 7.99. The first kappa shape index (κ1) is 24.4. The van der Waals surface area contributed by atoms with Crippen molar-refractivity contribution in [1.29, 1.82) is 0 Å². The molecule has 0 bridgehead atoms. The lowest BCUT2D eigenvalue weighted by Gasteiger charge is -2.36. The monoisotopic (exact) mass is 477 g/mol. The minimum absolute atomic E-state index is 0.153. The normalized spacial score (nSPS) is 15.0. The van der Waals surface area contributed by atoms with E-state index in [0.717, 1.165) is 24.3 Å². The predicted molar refractivity (Wildman–Crippen MR) is 141 cm³/mol. The number of carbonyl (C=O) groups excluding carboxylic acids is 1. The highest BCUT2D eigenvalue weighted by Crippen LogP contribution is 2.34. The molecule has 4 rings (SSSR count). The fourth-order valence-corrected chi connectivity index (χ4v) is 4.89. The molecule has 3 aromatic rings. The number of benzene rings is 2. The summed E-state index contributed by atoms with van der Waals surface area (Å²) in [5.74, 6) is 0.979. The Balaban J connectivity index is 1.50. The molecule has 0 saturated carbocycles. The third-order valence-electron chi connectivity index (χ3n) is 5.90. The van der Waals surface area contributed by atoms with Crippen LogP contribution in [-0.4, -0.2) is 47.8 Å². The summed E-state index contributed by atoms with van der Waals surface area (Å²) in [6, 6.07) is 17.5. The number of hydrogen-bond donors (Lipinski definition) is 0. The van der Waals surface area contributed by atoms with Gasteiger partial charge in [-0.1, -0.05) is 50.7 Å². The van der Waals surface area contributed by atoms with Crippen LogP contribution in [0.15, 0.2) is 64.5 Å². The summed E-state index contributed by atoms with van der Waals surface area (Å²) >= 11 is 1.77. The Labute approximate surface area is 207 Å². The van der Waals surface area contributed by atoms with Gasteiger partial charge in [0.25, 0.3) is 0 Å². The van der Waals surface area contributed by atoms with Crippen LogP contribution in [0.4, 0.5) is 10.6 Å². The standard InChI is InChI=1S/C28H35N3O2S/c1-27(2,3)21-8-11-22(12-9-21)34-23-10-7-20-13-14-29-25(24(20)19-23)30-15-17-31(18-16-30)26(32)33-28(4,5)6/h7-14,19H,15-18H2,1-6H3. The smallest absolute Gasteiger partial charge is 0.410 e. The van der Waals surface area contributed by atoms with Gasteiger partial charge in [0, 0.05) is 47.6 Å². The number of anilines is 1. The van der Waals surface area contributed by atoms with Crippen molar-refractivity contribution in [2.75, 3.05) is 31.1 Å². The molecule has 1 fully saturated rings. The van der Waals surface area contributed by atoms with E-state index < -0.39 is 5.60 Å². The van der Waals surface area contributed by atoms with E-state index in [0.29, 0.717) is 13.1 Å². The van der Waals surface area contributed by atoms with Crippen molar-refractivity contribution in [1.82, 2.24) is 9.88 Å². The molecule has 180 valence electrons. The molecular weight excluding hydrogens is 442 g/mol. The fourth-order valence-electron chi connectivity index (χ4n) is 4.03. The van der Waals surface area contributed by atoms with Gasteiger partial charge in [0.2, 0.25) is 0 Å². The third-order valence-corrected chi connectivity index (χ3v) is 6.90. The number of fused-ring (bicyclic) bond motifs is 1. The highest BCUT2D eigenvalue weighted by Gasteiger charge is 2.27. The molecule has 6 heteroatoms. The van der Waals surface area contributed by atoms with Gasteiger partial charge in [-0.15, -0.1) is 0 Å². The van der Waals surface area contributed by atoms with Gasteiger partial charge < -0.3 is 14.5 Å². The van der Waals surface area contributed by atoms with Crippen molar-refractivity contribution < 1.29 is 9.53 Å². The van der Waals surface area contributed by atoms with Gasteiger partial charge in [0.1, 0.15) is 11.4 Å². The van der Waals surface area contributed by atoms with Gasteiger partial charge in [0.05, 0.1) is 0 Å². The van der Waals surface area contributed by atoms with Crippen molar-refractivity contribution >= 4 is 34.4 Å². The number of rotatable bonds is 3. The van der Waals surface area contributed by atoms with E-state index in [-0.39, 0.29) is 11.5 Å². The van der Waals surface area contributed by atoms with Crippen LogP contribution in [-0.2, 0) is 10.2 Å². The van der Waals surface area contributed by atoms with E-state index in [9.17, 15) is 4.79 Å². The lowest BCUT2D eigenvalue weighted by molar-refractivity contribution is 0.0240. The van der Waals surface area contributed by atoms with Gasteiger partial charge in [-0.3, -0.25) is 0 Å². The summed E-state index contributed by atoms with van der Waals surface area (Å²) in [7, 11) is 0. The number of hydrogen-bond acceptors (Lipinski definition) is 5. The SMILES string of the molecule is CC(C)(C)OC(=O)N1CCN(c2nccc3ccc(Sc4ccc(C(C)(C)C)cc4)cc23)CC1. The maximum atomic E-state index is 12.4. The molecule has 5 nitrogen and oxygen atoms in total. The number of ether oxygens (including phenoxy) is 1. The minimum atomic E-state index is -0.480. The summed E-state index contributed by atoms with van der Waals surface area (Å²) in [4.78, 5) is 23.6. The van der Waals surface area contributed by atoms with Gasteiger partial charge in [0.15, 0.2) is 0 Å². The Morgan fingerprint density at radius 2 is 1.53 bits per heavy atom. The summed E-state index contributed by atoms with van der Waals surface area (Å²) in [6.07, 6.45) is 1.63. The maximum Gasteiger partial charge on any atom is 0.410 e. The third kappa shape index (κ3) is 5.84.